The second-order valence-electron chi connectivity index (χ2n) is 3.42. The number of likely N-dealkylation sites (N-methyl/N-ethyl adjacent to an activating group) is 1. The summed E-state index contributed by atoms with van der Waals surface area (Å²) in [7, 11) is 0. The highest BCUT2D eigenvalue weighted by Crippen LogP contribution is 2.16. The lowest BCUT2D eigenvalue weighted by Crippen LogP contribution is -2.40. The first kappa shape index (κ1) is 11.1. The topological polar surface area (TPSA) is 29.3 Å². The van der Waals surface area contributed by atoms with Gasteiger partial charge in [0.25, 0.3) is 0 Å². The van der Waals surface area contributed by atoms with Gasteiger partial charge in [0.1, 0.15) is 0 Å². The van der Waals surface area contributed by atoms with E-state index in [4.69, 9.17) is 5.73 Å². The number of hydrogen-bond donors (Lipinski definition) is 1. The molecule has 0 heterocycles. The minimum absolute atomic E-state index is 0.461. The Labute approximate surface area is 86.7 Å². The fourth-order valence-electron chi connectivity index (χ4n) is 1.79. The van der Waals surface area contributed by atoms with E-state index in [0.29, 0.717) is 6.04 Å². The summed E-state index contributed by atoms with van der Waals surface area (Å²) in [6.07, 6.45) is 1.10. The molecule has 78 valence electrons. The summed E-state index contributed by atoms with van der Waals surface area (Å²) >= 11 is 0. The highest BCUT2D eigenvalue weighted by Gasteiger charge is 2.13. The Morgan fingerprint density at radius 2 is 1.86 bits per heavy atom. The van der Waals surface area contributed by atoms with Gasteiger partial charge in [0.2, 0.25) is 0 Å². The van der Waals surface area contributed by atoms with Gasteiger partial charge in [0.05, 0.1) is 0 Å². The quantitative estimate of drug-likeness (QED) is 0.775. The summed E-state index contributed by atoms with van der Waals surface area (Å²) in [5.41, 5.74) is 7.03. The van der Waals surface area contributed by atoms with Gasteiger partial charge in [-0.1, -0.05) is 25.1 Å². The molecule has 0 spiro atoms. The van der Waals surface area contributed by atoms with Gasteiger partial charge < -0.3 is 10.6 Å². The highest BCUT2D eigenvalue weighted by atomic mass is 15.2. The Hall–Kier alpha value is -1.02. The van der Waals surface area contributed by atoms with Crippen LogP contribution in [0.5, 0.6) is 0 Å². The van der Waals surface area contributed by atoms with Crippen LogP contribution < -0.4 is 10.6 Å². The van der Waals surface area contributed by atoms with E-state index in [1.807, 2.05) is 6.07 Å². The van der Waals surface area contributed by atoms with Gasteiger partial charge in [0, 0.05) is 24.8 Å². The van der Waals surface area contributed by atoms with Gasteiger partial charge in [-0.25, -0.2) is 0 Å². The second-order valence-corrected chi connectivity index (χ2v) is 3.42. The van der Waals surface area contributed by atoms with Gasteiger partial charge in [-0.15, -0.1) is 0 Å². The zero-order valence-corrected chi connectivity index (χ0v) is 9.11. The molecular formula is C12H20N2. The summed E-state index contributed by atoms with van der Waals surface area (Å²) in [6.45, 7) is 6.09. The third-order valence-corrected chi connectivity index (χ3v) is 2.61. The van der Waals surface area contributed by atoms with Crippen LogP contribution in [0.2, 0.25) is 0 Å². The number of benzene rings is 1. The average molecular weight is 192 g/mol. The summed E-state index contributed by atoms with van der Waals surface area (Å²) in [5, 5.41) is 0. The number of para-hydroxylation sites is 1. The van der Waals surface area contributed by atoms with Crippen molar-refractivity contribution >= 4 is 5.69 Å². The fourth-order valence-corrected chi connectivity index (χ4v) is 1.79. The molecule has 0 radical (unpaired) electrons. The predicted molar refractivity (Wildman–Crippen MR) is 62.6 cm³/mol. The van der Waals surface area contributed by atoms with E-state index >= 15 is 0 Å². The van der Waals surface area contributed by atoms with Crippen LogP contribution in [0.3, 0.4) is 0 Å². The smallest absolute Gasteiger partial charge is 0.0409 e. The zero-order chi connectivity index (χ0) is 10.4. The van der Waals surface area contributed by atoms with Crippen LogP contribution in [0.4, 0.5) is 5.69 Å². The Morgan fingerprint density at radius 1 is 1.21 bits per heavy atom. The summed E-state index contributed by atoms with van der Waals surface area (Å²) < 4.78 is 0. The van der Waals surface area contributed by atoms with Gasteiger partial charge in [-0.2, -0.15) is 0 Å². The van der Waals surface area contributed by atoms with Gasteiger partial charge >= 0.3 is 0 Å². The van der Waals surface area contributed by atoms with E-state index in [1.165, 1.54) is 5.69 Å². The van der Waals surface area contributed by atoms with E-state index in [0.717, 1.165) is 19.5 Å². The van der Waals surface area contributed by atoms with Crippen molar-refractivity contribution in [2.75, 3.05) is 18.0 Å². The molecule has 2 N–H and O–H groups in total. The van der Waals surface area contributed by atoms with E-state index in [9.17, 15) is 0 Å². The summed E-state index contributed by atoms with van der Waals surface area (Å²) in [4.78, 5) is 2.36. The Kier molecular flexibility index (Phi) is 4.47. The lowest BCUT2D eigenvalue weighted by Gasteiger charge is -2.31. The highest BCUT2D eigenvalue weighted by molar-refractivity contribution is 5.46. The molecular weight excluding hydrogens is 172 g/mol. The summed E-state index contributed by atoms with van der Waals surface area (Å²) in [6, 6.07) is 10.9. The van der Waals surface area contributed by atoms with Crippen molar-refractivity contribution in [3.63, 3.8) is 0 Å². The predicted octanol–water partition coefficient (Wildman–Crippen LogP) is 2.25. The summed E-state index contributed by atoms with van der Waals surface area (Å²) in [5.74, 6) is 0. The zero-order valence-electron chi connectivity index (χ0n) is 9.11. The third kappa shape index (κ3) is 2.48. The lowest BCUT2D eigenvalue weighted by molar-refractivity contribution is 0.591. The van der Waals surface area contributed by atoms with Crippen LogP contribution in [0.15, 0.2) is 30.3 Å². The van der Waals surface area contributed by atoms with Crippen LogP contribution in [0.1, 0.15) is 20.3 Å². The largest absolute Gasteiger partial charge is 0.368 e. The second kappa shape index (κ2) is 5.66. The van der Waals surface area contributed by atoms with Crippen molar-refractivity contribution in [3.8, 4) is 0 Å². The molecule has 2 heteroatoms. The molecule has 1 aromatic rings. The number of hydrogen-bond acceptors (Lipinski definition) is 2. The minimum atomic E-state index is 0.461. The number of anilines is 1. The normalized spacial score (nSPS) is 12.5. The number of nitrogens with zero attached hydrogens (tertiary/aromatic N) is 1. The van der Waals surface area contributed by atoms with Crippen LogP contribution in [0, 0.1) is 0 Å². The molecule has 0 bridgehead atoms. The molecule has 0 aliphatic carbocycles. The third-order valence-electron chi connectivity index (χ3n) is 2.61. The monoisotopic (exact) mass is 192 g/mol. The van der Waals surface area contributed by atoms with Gasteiger partial charge in [0.15, 0.2) is 0 Å². The minimum Gasteiger partial charge on any atom is -0.368 e. The van der Waals surface area contributed by atoms with Crippen molar-refractivity contribution in [1.29, 1.82) is 0 Å². The molecule has 0 fully saturated rings. The average Bonchev–Trinajstić information content (AvgIpc) is 2.27. The Bertz CT molecular complexity index is 242. The maximum absolute atomic E-state index is 5.76. The van der Waals surface area contributed by atoms with Crippen LogP contribution in [-0.2, 0) is 0 Å². The SMILES string of the molecule is CCC(CN)N(CC)c1ccccc1. The van der Waals surface area contributed by atoms with E-state index in [2.05, 4.69) is 43.0 Å². The van der Waals surface area contributed by atoms with E-state index in [-0.39, 0.29) is 0 Å². The van der Waals surface area contributed by atoms with Crippen molar-refractivity contribution in [2.45, 2.75) is 26.3 Å². The molecule has 0 aromatic heterocycles. The molecule has 0 amide bonds. The molecule has 1 aromatic carbocycles. The molecule has 1 atom stereocenters. The molecule has 0 aliphatic rings. The first-order valence-electron chi connectivity index (χ1n) is 5.35. The molecule has 2 nitrogen and oxygen atoms in total. The maximum atomic E-state index is 5.76. The van der Waals surface area contributed by atoms with Gasteiger partial charge in [-0.3, -0.25) is 0 Å². The van der Waals surface area contributed by atoms with Crippen molar-refractivity contribution in [1.82, 2.24) is 0 Å². The van der Waals surface area contributed by atoms with Crippen LogP contribution in [-0.4, -0.2) is 19.1 Å². The first-order valence-corrected chi connectivity index (χ1v) is 5.35. The molecule has 0 aliphatic heterocycles. The fraction of sp³-hybridized carbons (Fsp3) is 0.500. The van der Waals surface area contributed by atoms with Crippen molar-refractivity contribution in [3.05, 3.63) is 30.3 Å². The lowest BCUT2D eigenvalue weighted by atomic mass is 10.1. The van der Waals surface area contributed by atoms with Crippen molar-refractivity contribution < 1.29 is 0 Å². The van der Waals surface area contributed by atoms with E-state index in [1.54, 1.807) is 0 Å². The molecule has 1 rings (SSSR count). The molecule has 1 unspecified atom stereocenters. The molecule has 0 saturated carbocycles. The molecule has 0 saturated heterocycles. The standard InChI is InChI=1S/C12H20N2/c1-3-11(10-13)14(4-2)12-8-6-5-7-9-12/h5-9,11H,3-4,10,13H2,1-2H3. The Balaban J connectivity index is 2.81. The van der Waals surface area contributed by atoms with Gasteiger partial charge in [-0.05, 0) is 25.5 Å². The van der Waals surface area contributed by atoms with E-state index < -0.39 is 0 Å². The van der Waals surface area contributed by atoms with Crippen molar-refractivity contribution in [2.24, 2.45) is 5.73 Å². The first-order chi connectivity index (χ1) is 6.83. The number of nitrogens with two attached hydrogens (primary N) is 1. The van der Waals surface area contributed by atoms with Crippen LogP contribution >= 0.6 is 0 Å². The number of rotatable bonds is 5. The van der Waals surface area contributed by atoms with Crippen LogP contribution in [0.25, 0.3) is 0 Å². The maximum Gasteiger partial charge on any atom is 0.0409 e. The Morgan fingerprint density at radius 3 is 2.29 bits per heavy atom. The molecule has 14 heavy (non-hydrogen) atoms.